The molecule has 158 valence electrons. The number of benzene rings is 1. The van der Waals surface area contributed by atoms with E-state index in [0.717, 1.165) is 32.4 Å². The number of ether oxygens (including phenoxy) is 1. The standard InChI is InChI=1S/C24H28N2O4/c27-22(25-10-13-29-14-11-25)15-19-16-24(21-4-2-1-3-20(19)21)6-8-26(9-7-24)23(28)18-5-12-30-17-18/h1-5,12,17,19H,6-11,13-16H2. The Hall–Kier alpha value is -2.60. The molecule has 1 aromatic heterocycles. The van der Waals surface area contributed by atoms with Crippen LogP contribution in [0.2, 0.25) is 0 Å². The topological polar surface area (TPSA) is 63.0 Å². The molecule has 1 spiro atoms. The molecule has 1 atom stereocenters. The van der Waals surface area contributed by atoms with Gasteiger partial charge in [-0.05, 0) is 47.8 Å². The van der Waals surface area contributed by atoms with Gasteiger partial charge in [0, 0.05) is 32.6 Å². The van der Waals surface area contributed by atoms with Gasteiger partial charge >= 0.3 is 0 Å². The molecule has 2 saturated heterocycles. The lowest BCUT2D eigenvalue weighted by atomic mass is 9.73. The van der Waals surface area contributed by atoms with Crippen LogP contribution in [0.3, 0.4) is 0 Å². The zero-order valence-electron chi connectivity index (χ0n) is 17.2. The smallest absolute Gasteiger partial charge is 0.257 e. The predicted molar refractivity (Wildman–Crippen MR) is 111 cm³/mol. The van der Waals surface area contributed by atoms with Gasteiger partial charge in [0.05, 0.1) is 25.0 Å². The summed E-state index contributed by atoms with van der Waals surface area (Å²) in [5.74, 6) is 0.541. The molecule has 0 N–H and O–H groups in total. The summed E-state index contributed by atoms with van der Waals surface area (Å²) in [6.45, 7) is 4.15. The first kappa shape index (κ1) is 19.4. The van der Waals surface area contributed by atoms with Crippen molar-refractivity contribution in [3.8, 4) is 0 Å². The van der Waals surface area contributed by atoms with Crippen LogP contribution in [0, 0.1) is 0 Å². The first-order chi connectivity index (χ1) is 14.7. The van der Waals surface area contributed by atoms with Gasteiger partial charge in [-0.1, -0.05) is 24.3 Å². The van der Waals surface area contributed by atoms with E-state index >= 15 is 0 Å². The molecule has 1 aliphatic carbocycles. The second kappa shape index (κ2) is 7.91. The van der Waals surface area contributed by atoms with Crippen molar-refractivity contribution in [3.63, 3.8) is 0 Å². The maximum absolute atomic E-state index is 12.9. The highest BCUT2D eigenvalue weighted by atomic mass is 16.5. The number of amides is 2. The van der Waals surface area contributed by atoms with Gasteiger partial charge < -0.3 is 19.0 Å². The van der Waals surface area contributed by atoms with E-state index in [2.05, 4.69) is 24.3 Å². The first-order valence-corrected chi connectivity index (χ1v) is 10.9. The van der Waals surface area contributed by atoms with Gasteiger partial charge in [0.2, 0.25) is 5.91 Å². The molecule has 3 heterocycles. The zero-order valence-corrected chi connectivity index (χ0v) is 17.2. The summed E-state index contributed by atoms with van der Waals surface area (Å²) in [6, 6.07) is 10.4. The van der Waals surface area contributed by atoms with Gasteiger partial charge in [-0.2, -0.15) is 0 Å². The Kier molecular flexibility index (Phi) is 5.11. The lowest BCUT2D eigenvalue weighted by Crippen LogP contribution is -2.44. The monoisotopic (exact) mass is 408 g/mol. The zero-order chi connectivity index (χ0) is 20.6. The number of carbonyl (C=O) groups is 2. The van der Waals surface area contributed by atoms with E-state index in [4.69, 9.17) is 9.15 Å². The largest absolute Gasteiger partial charge is 0.472 e. The Labute approximate surface area is 176 Å². The highest BCUT2D eigenvalue weighted by Crippen LogP contribution is 2.52. The van der Waals surface area contributed by atoms with Gasteiger partial charge in [-0.25, -0.2) is 0 Å². The molecule has 2 amide bonds. The van der Waals surface area contributed by atoms with E-state index in [1.165, 1.54) is 17.4 Å². The molecule has 5 rings (SSSR count). The SMILES string of the molecule is O=C(CC1CC2(CCN(C(=O)c3ccoc3)CC2)c2ccccc21)N1CCOCC1. The lowest BCUT2D eigenvalue weighted by molar-refractivity contribution is -0.135. The molecule has 3 aliphatic rings. The molecule has 0 radical (unpaired) electrons. The van der Waals surface area contributed by atoms with Crippen LogP contribution in [0.1, 0.15) is 53.1 Å². The van der Waals surface area contributed by atoms with E-state index in [1.807, 2.05) is 9.80 Å². The minimum absolute atomic E-state index is 0.0453. The average molecular weight is 408 g/mol. The van der Waals surface area contributed by atoms with Crippen molar-refractivity contribution >= 4 is 11.8 Å². The molecule has 30 heavy (non-hydrogen) atoms. The Morgan fingerprint density at radius 3 is 2.50 bits per heavy atom. The van der Waals surface area contributed by atoms with Gasteiger partial charge in [0.1, 0.15) is 6.26 Å². The van der Waals surface area contributed by atoms with E-state index in [0.29, 0.717) is 38.3 Å². The fraction of sp³-hybridized carbons (Fsp3) is 0.500. The Morgan fingerprint density at radius 2 is 1.77 bits per heavy atom. The second-order valence-corrected chi connectivity index (χ2v) is 8.77. The van der Waals surface area contributed by atoms with Crippen LogP contribution in [0.5, 0.6) is 0 Å². The fourth-order valence-electron chi connectivity index (χ4n) is 5.54. The number of fused-ring (bicyclic) bond motifs is 2. The number of morpholine rings is 1. The Balaban J connectivity index is 1.31. The number of hydrogen-bond donors (Lipinski definition) is 0. The van der Waals surface area contributed by atoms with Gasteiger partial charge in [-0.3, -0.25) is 9.59 Å². The summed E-state index contributed by atoms with van der Waals surface area (Å²) in [7, 11) is 0. The van der Waals surface area contributed by atoms with Crippen molar-refractivity contribution in [2.45, 2.75) is 37.0 Å². The lowest BCUT2D eigenvalue weighted by Gasteiger charge is -2.40. The average Bonchev–Trinajstić information content (AvgIpc) is 3.43. The predicted octanol–water partition coefficient (Wildman–Crippen LogP) is 3.19. The molecule has 1 unspecified atom stereocenters. The highest BCUT2D eigenvalue weighted by Gasteiger charge is 2.46. The Bertz CT molecular complexity index is 909. The number of hydrogen-bond acceptors (Lipinski definition) is 4. The van der Waals surface area contributed by atoms with Gasteiger partial charge in [0.25, 0.3) is 5.91 Å². The maximum Gasteiger partial charge on any atom is 0.257 e. The molecule has 0 saturated carbocycles. The van der Waals surface area contributed by atoms with Crippen molar-refractivity contribution < 1.29 is 18.7 Å². The molecule has 2 aliphatic heterocycles. The van der Waals surface area contributed by atoms with E-state index in [9.17, 15) is 9.59 Å². The van der Waals surface area contributed by atoms with Crippen molar-refractivity contribution in [1.82, 2.24) is 9.80 Å². The quantitative estimate of drug-likeness (QED) is 0.783. The number of carbonyl (C=O) groups excluding carboxylic acids is 2. The number of furan rings is 1. The van der Waals surface area contributed by atoms with Gasteiger partial charge in [-0.15, -0.1) is 0 Å². The van der Waals surface area contributed by atoms with Crippen molar-refractivity contribution in [1.29, 1.82) is 0 Å². The van der Waals surface area contributed by atoms with Crippen molar-refractivity contribution in [2.24, 2.45) is 0 Å². The van der Waals surface area contributed by atoms with Crippen LogP contribution < -0.4 is 0 Å². The number of likely N-dealkylation sites (tertiary alicyclic amines) is 1. The normalized spacial score (nSPS) is 22.9. The highest BCUT2D eigenvalue weighted by molar-refractivity contribution is 5.93. The van der Waals surface area contributed by atoms with Crippen LogP contribution in [-0.2, 0) is 14.9 Å². The van der Waals surface area contributed by atoms with E-state index in [1.54, 1.807) is 12.3 Å². The number of nitrogens with zero attached hydrogens (tertiary/aromatic N) is 2. The van der Waals surface area contributed by atoms with Crippen molar-refractivity contribution in [2.75, 3.05) is 39.4 Å². The van der Waals surface area contributed by atoms with Crippen LogP contribution >= 0.6 is 0 Å². The molecule has 2 fully saturated rings. The molecule has 1 aromatic carbocycles. The minimum atomic E-state index is 0.0453. The van der Waals surface area contributed by atoms with E-state index < -0.39 is 0 Å². The molecular formula is C24H28N2O4. The van der Waals surface area contributed by atoms with Crippen LogP contribution in [0.25, 0.3) is 0 Å². The summed E-state index contributed by atoms with van der Waals surface area (Å²) in [6.07, 6.45) is 6.51. The molecule has 6 nitrogen and oxygen atoms in total. The summed E-state index contributed by atoms with van der Waals surface area (Å²) >= 11 is 0. The second-order valence-electron chi connectivity index (χ2n) is 8.77. The summed E-state index contributed by atoms with van der Waals surface area (Å²) in [4.78, 5) is 29.5. The number of rotatable bonds is 3. The third kappa shape index (κ3) is 3.43. The maximum atomic E-state index is 12.9. The third-order valence-electron chi connectivity index (χ3n) is 7.17. The Morgan fingerprint density at radius 1 is 1.00 bits per heavy atom. The first-order valence-electron chi connectivity index (χ1n) is 10.9. The summed E-state index contributed by atoms with van der Waals surface area (Å²) in [5.41, 5.74) is 3.40. The molecule has 2 aromatic rings. The minimum Gasteiger partial charge on any atom is -0.472 e. The fourth-order valence-corrected chi connectivity index (χ4v) is 5.54. The summed E-state index contributed by atoms with van der Waals surface area (Å²) in [5, 5.41) is 0. The molecule has 0 bridgehead atoms. The number of piperidine rings is 1. The van der Waals surface area contributed by atoms with Crippen LogP contribution in [-0.4, -0.2) is 61.0 Å². The third-order valence-corrected chi connectivity index (χ3v) is 7.17. The van der Waals surface area contributed by atoms with Crippen LogP contribution in [0.15, 0.2) is 47.3 Å². The van der Waals surface area contributed by atoms with Gasteiger partial charge in [0.15, 0.2) is 0 Å². The molecular weight excluding hydrogens is 380 g/mol. The van der Waals surface area contributed by atoms with Crippen LogP contribution in [0.4, 0.5) is 0 Å². The van der Waals surface area contributed by atoms with E-state index in [-0.39, 0.29) is 23.1 Å². The molecule has 6 heteroatoms. The van der Waals surface area contributed by atoms with Crippen molar-refractivity contribution in [3.05, 3.63) is 59.5 Å². The summed E-state index contributed by atoms with van der Waals surface area (Å²) < 4.78 is 10.5.